The number of rotatable bonds is 3. The predicted octanol–water partition coefficient (Wildman–Crippen LogP) is 2.50. The number of hydrogen-bond acceptors (Lipinski definition) is 3. The fraction of sp³-hybridized carbons (Fsp3) is 0.0909. The third-order valence-corrected chi connectivity index (χ3v) is 2.99. The monoisotopic (exact) mass is 234 g/mol. The van der Waals surface area contributed by atoms with E-state index < -0.39 is 5.97 Å². The van der Waals surface area contributed by atoms with Crippen molar-refractivity contribution in [3.8, 4) is 11.3 Å². The van der Waals surface area contributed by atoms with Crippen LogP contribution in [0.25, 0.3) is 11.3 Å². The van der Waals surface area contributed by atoms with E-state index in [9.17, 15) is 4.79 Å². The molecule has 0 aliphatic carbocycles. The van der Waals surface area contributed by atoms with E-state index in [1.54, 1.807) is 11.8 Å². The van der Waals surface area contributed by atoms with Gasteiger partial charge in [0.1, 0.15) is 5.56 Å². The second-order valence-corrected chi connectivity index (χ2v) is 4.07. The fourth-order valence-electron chi connectivity index (χ4n) is 1.43. The van der Waals surface area contributed by atoms with Crippen molar-refractivity contribution < 1.29 is 9.90 Å². The van der Waals surface area contributed by atoms with Gasteiger partial charge in [0.05, 0.1) is 11.9 Å². The van der Waals surface area contributed by atoms with E-state index in [-0.39, 0.29) is 5.56 Å². The first-order valence-corrected chi connectivity index (χ1v) is 5.86. The number of carboxylic acid groups (broad SMARTS) is 1. The van der Waals surface area contributed by atoms with Gasteiger partial charge in [-0.05, 0) is 18.4 Å². The lowest BCUT2D eigenvalue weighted by Crippen LogP contribution is -1.96. The summed E-state index contributed by atoms with van der Waals surface area (Å²) in [7, 11) is 0. The predicted molar refractivity (Wildman–Crippen MR) is 62.8 cm³/mol. The summed E-state index contributed by atoms with van der Waals surface area (Å²) in [4.78, 5) is 12.1. The standard InChI is InChI=1S/C11H10N2O2S/c1-16-8-4-2-7(3-5-8)10-9(11(14)15)6-12-13-10/h2-6H,1H3,(H,12,13)(H,14,15). The molecule has 0 aliphatic rings. The number of nitrogens with one attached hydrogen (secondary N) is 1. The van der Waals surface area contributed by atoms with E-state index in [2.05, 4.69) is 10.2 Å². The van der Waals surface area contributed by atoms with Crippen LogP contribution in [0.2, 0.25) is 0 Å². The molecule has 0 atom stereocenters. The molecule has 0 bridgehead atoms. The highest BCUT2D eigenvalue weighted by Gasteiger charge is 2.13. The molecule has 16 heavy (non-hydrogen) atoms. The minimum atomic E-state index is -0.974. The Bertz CT molecular complexity index is 505. The highest BCUT2D eigenvalue weighted by atomic mass is 32.2. The lowest BCUT2D eigenvalue weighted by atomic mass is 10.1. The molecule has 0 saturated carbocycles. The van der Waals surface area contributed by atoms with Crippen LogP contribution >= 0.6 is 11.8 Å². The molecule has 1 heterocycles. The Balaban J connectivity index is 2.42. The number of aromatic carboxylic acids is 1. The second kappa shape index (κ2) is 4.40. The Morgan fingerprint density at radius 2 is 2.06 bits per heavy atom. The van der Waals surface area contributed by atoms with Gasteiger partial charge in [-0.1, -0.05) is 12.1 Å². The van der Waals surface area contributed by atoms with E-state index in [0.717, 1.165) is 10.5 Å². The molecule has 2 N–H and O–H groups in total. The summed E-state index contributed by atoms with van der Waals surface area (Å²) in [5, 5.41) is 15.4. The van der Waals surface area contributed by atoms with Crippen LogP contribution in [0.1, 0.15) is 10.4 Å². The SMILES string of the molecule is CSc1ccc(-c2[nH]ncc2C(=O)O)cc1. The summed E-state index contributed by atoms with van der Waals surface area (Å²) in [5.74, 6) is -0.974. The summed E-state index contributed by atoms with van der Waals surface area (Å²) in [6, 6.07) is 7.66. The topological polar surface area (TPSA) is 66.0 Å². The number of aromatic amines is 1. The molecule has 0 aliphatic heterocycles. The zero-order valence-electron chi connectivity index (χ0n) is 8.60. The zero-order valence-corrected chi connectivity index (χ0v) is 9.41. The number of thioether (sulfide) groups is 1. The summed E-state index contributed by atoms with van der Waals surface area (Å²) >= 11 is 1.64. The maximum absolute atomic E-state index is 10.9. The molecule has 2 rings (SSSR count). The first-order valence-electron chi connectivity index (χ1n) is 4.63. The quantitative estimate of drug-likeness (QED) is 0.801. The zero-order chi connectivity index (χ0) is 11.5. The van der Waals surface area contributed by atoms with Crippen molar-refractivity contribution in [2.45, 2.75) is 4.90 Å². The number of carbonyl (C=O) groups is 1. The van der Waals surface area contributed by atoms with Crippen molar-refractivity contribution in [2.75, 3.05) is 6.26 Å². The second-order valence-electron chi connectivity index (χ2n) is 3.19. The van der Waals surface area contributed by atoms with E-state index >= 15 is 0 Å². The molecule has 0 amide bonds. The van der Waals surface area contributed by atoms with Crippen LogP contribution in [0.4, 0.5) is 0 Å². The third kappa shape index (κ3) is 1.94. The van der Waals surface area contributed by atoms with Crippen molar-refractivity contribution in [2.24, 2.45) is 0 Å². The summed E-state index contributed by atoms with van der Waals surface area (Å²) in [5.41, 5.74) is 1.56. The van der Waals surface area contributed by atoms with Gasteiger partial charge in [-0.2, -0.15) is 5.10 Å². The van der Waals surface area contributed by atoms with Crippen LogP contribution in [0.5, 0.6) is 0 Å². The molecule has 0 saturated heterocycles. The molecular weight excluding hydrogens is 224 g/mol. The van der Waals surface area contributed by atoms with Gasteiger partial charge >= 0.3 is 5.97 Å². The molecule has 0 fully saturated rings. The summed E-state index contributed by atoms with van der Waals surface area (Å²) in [6.07, 6.45) is 3.31. The van der Waals surface area contributed by atoms with E-state index in [1.807, 2.05) is 30.5 Å². The number of carboxylic acids is 1. The fourth-order valence-corrected chi connectivity index (χ4v) is 1.83. The average molecular weight is 234 g/mol. The molecule has 0 spiro atoms. The van der Waals surface area contributed by atoms with Gasteiger partial charge in [-0.3, -0.25) is 5.10 Å². The Hall–Kier alpha value is -1.75. The highest BCUT2D eigenvalue weighted by molar-refractivity contribution is 7.98. The van der Waals surface area contributed by atoms with Crippen LogP contribution in [0, 0.1) is 0 Å². The molecule has 0 radical (unpaired) electrons. The first kappa shape index (κ1) is 10.8. The smallest absolute Gasteiger partial charge is 0.339 e. The number of hydrogen-bond donors (Lipinski definition) is 2. The van der Waals surface area contributed by atoms with Gasteiger partial charge in [-0.15, -0.1) is 11.8 Å². The number of H-pyrrole nitrogens is 1. The minimum absolute atomic E-state index is 0.192. The summed E-state index contributed by atoms with van der Waals surface area (Å²) in [6.45, 7) is 0. The van der Waals surface area contributed by atoms with Crippen LogP contribution in [-0.4, -0.2) is 27.5 Å². The van der Waals surface area contributed by atoms with Gasteiger partial charge in [-0.25, -0.2) is 4.79 Å². The Morgan fingerprint density at radius 1 is 1.38 bits per heavy atom. The number of aromatic nitrogens is 2. The molecule has 1 aromatic carbocycles. The van der Waals surface area contributed by atoms with Crippen molar-refractivity contribution in [3.05, 3.63) is 36.0 Å². The van der Waals surface area contributed by atoms with Crippen molar-refractivity contribution >= 4 is 17.7 Å². The minimum Gasteiger partial charge on any atom is -0.478 e. The van der Waals surface area contributed by atoms with Crippen LogP contribution in [0.3, 0.4) is 0 Å². The van der Waals surface area contributed by atoms with Gasteiger partial charge in [0.15, 0.2) is 0 Å². The van der Waals surface area contributed by atoms with Crippen LogP contribution < -0.4 is 0 Å². The van der Waals surface area contributed by atoms with Crippen molar-refractivity contribution in [3.63, 3.8) is 0 Å². The van der Waals surface area contributed by atoms with Crippen molar-refractivity contribution in [1.29, 1.82) is 0 Å². The molecule has 4 nitrogen and oxygen atoms in total. The molecule has 2 aromatic rings. The number of benzene rings is 1. The largest absolute Gasteiger partial charge is 0.478 e. The van der Waals surface area contributed by atoms with E-state index in [0.29, 0.717) is 5.69 Å². The van der Waals surface area contributed by atoms with Gasteiger partial charge < -0.3 is 5.11 Å². The summed E-state index contributed by atoms with van der Waals surface area (Å²) < 4.78 is 0. The van der Waals surface area contributed by atoms with Crippen LogP contribution in [0.15, 0.2) is 35.4 Å². The molecule has 1 aromatic heterocycles. The molecular formula is C11H10N2O2S. The average Bonchev–Trinajstić information content (AvgIpc) is 2.78. The Labute approximate surface area is 96.7 Å². The molecule has 5 heteroatoms. The van der Waals surface area contributed by atoms with E-state index in [1.165, 1.54) is 6.20 Å². The number of nitrogens with zero attached hydrogens (tertiary/aromatic N) is 1. The Kier molecular flexibility index (Phi) is 2.96. The first-order chi connectivity index (χ1) is 7.72. The van der Waals surface area contributed by atoms with Gasteiger partial charge in [0.25, 0.3) is 0 Å². The van der Waals surface area contributed by atoms with Gasteiger partial charge in [0, 0.05) is 10.5 Å². The lowest BCUT2D eigenvalue weighted by molar-refractivity contribution is 0.0698. The van der Waals surface area contributed by atoms with Crippen molar-refractivity contribution in [1.82, 2.24) is 10.2 Å². The van der Waals surface area contributed by atoms with E-state index in [4.69, 9.17) is 5.11 Å². The maximum atomic E-state index is 10.9. The maximum Gasteiger partial charge on any atom is 0.339 e. The third-order valence-electron chi connectivity index (χ3n) is 2.25. The molecule has 0 unspecified atom stereocenters. The Morgan fingerprint density at radius 3 is 2.62 bits per heavy atom. The highest BCUT2D eigenvalue weighted by Crippen LogP contribution is 2.23. The lowest BCUT2D eigenvalue weighted by Gasteiger charge is -2.01. The van der Waals surface area contributed by atoms with Gasteiger partial charge in [0.2, 0.25) is 0 Å². The normalized spacial score (nSPS) is 10.3. The molecule has 82 valence electrons. The van der Waals surface area contributed by atoms with Crippen LogP contribution in [-0.2, 0) is 0 Å².